The van der Waals surface area contributed by atoms with E-state index in [-0.39, 0.29) is 12.3 Å². The molecule has 2 rings (SSSR count). The number of nitrogens with one attached hydrogen (secondary N) is 1. The predicted octanol–water partition coefficient (Wildman–Crippen LogP) is 3.45. The monoisotopic (exact) mass is 280 g/mol. The Morgan fingerprint density at radius 1 is 1.32 bits per heavy atom. The first kappa shape index (κ1) is 13.8. The van der Waals surface area contributed by atoms with Crippen molar-refractivity contribution < 1.29 is 6.22 Å². The third-order valence-electron chi connectivity index (χ3n) is 3.00. The third kappa shape index (κ3) is 3.23. The molecule has 5 heteroatoms. The van der Waals surface area contributed by atoms with Crippen LogP contribution in [0.25, 0.3) is 10.2 Å². The molecule has 0 aliphatic carbocycles. The van der Waals surface area contributed by atoms with Crippen LogP contribution in [0.2, 0.25) is 0 Å². The van der Waals surface area contributed by atoms with Gasteiger partial charge in [0, 0.05) is 7.97 Å². The van der Waals surface area contributed by atoms with Crippen molar-refractivity contribution in [1.29, 1.82) is 0 Å². The standard InChI is InChI=1S/C14H18N2O2S.H2/c1-2-3-4-7-10-15-13(17)16-11-8-5-6-9-12(11)19-14(16)18;/h5-6,8-9H,2-4,7,10H2,1H3,(H,15,17);1H. The first-order valence-electron chi connectivity index (χ1n) is 6.63. The van der Waals surface area contributed by atoms with Gasteiger partial charge >= 0.3 is 10.9 Å². The first-order valence-corrected chi connectivity index (χ1v) is 7.44. The van der Waals surface area contributed by atoms with Crippen LogP contribution in [0.4, 0.5) is 4.79 Å². The smallest absolute Gasteiger partial charge is 0.329 e. The molecule has 0 saturated carbocycles. The highest BCUT2D eigenvalue weighted by Gasteiger charge is 2.12. The second-order valence-electron chi connectivity index (χ2n) is 4.46. The molecule has 0 radical (unpaired) electrons. The van der Waals surface area contributed by atoms with Crippen molar-refractivity contribution in [3.8, 4) is 0 Å². The summed E-state index contributed by atoms with van der Waals surface area (Å²) in [6.45, 7) is 2.77. The minimum absolute atomic E-state index is 0. The molecule has 0 atom stereocenters. The Bertz CT molecular complexity index is 621. The van der Waals surface area contributed by atoms with Crippen LogP contribution in [0.15, 0.2) is 29.1 Å². The number of aromatic nitrogens is 1. The summed E-state index contributed by atoms with van der Waals surface area (Å²) in [5, 5.41) is 2.81. The molecular weight excluding hydrogens is 260 g/mol. The van der Waals surface area contributed by atoms with Gasteiger partial charge in [-0.05, 0) is 18.6 Å². The van der Waals surface area contributed by atoms with E-state index >= 15 is 0 Å². The van der Waals surface area contributed by atoms with E-state index in [4.69, 9.17) is 0 Å². The molecule has 4 nitrogen and oxygen atoms in total. The van der Waals surface area contributed by atoms with E-state index in [0.29, 0.717) is 12.1 Å². The van der Waals surface area contributed by atoms with Gasteiger partial charge in [0.05, 0.1) is 10.2 Å². The lowest BCUT2D eigenvalue weighted by molar-refractivity contribution is 0.242. The van der Waals surface area contributed by atoms with E-state index in [1.165, 1.54) is 17.4 Å². The number of hydrogen-bond acceptors (Lipinski definition) is 3. The van der Waals surface area contributed by atoms with E-state index in [1.54, 1.807) is 6.07 Å². The molecule has 0 aliphatic heterocycles. The molecule has 0 aliphatic rings. The van der Waals surface area contributed by atoms with Crippen molar-refractivity contribution >= 4 is 27.6 Å². The fourth-order valence-electron chi connectivity index (χ4n) is 1.98. The quantitative estimate of drug-likeness (QED) is 0.853. The van der Waals surface area contributed by atoms with E-state index in [1.807, 2.05) is 18.2 Å². The molecule has 0 fully saturated rings. The molecule has 1 aromatic carbocycles. The second-order valence-corrected chi connectivity index (χ2v) is 5.46. The molecule has 1 amide bonds. The maximum atomic E-state index is 12.0. The second kappa shape index (κ2) is 6.52. The molecule has 0 bridgehead atoms. The van der Waals surface area contributed by atoms with Crippen LogP contribution < -0.4 is 10.2 Å². The number of para-hydroxylation sites is 1. The number of thiazole rings is 1. The van der Waals surface area contributed by atoms with E-state index in [2.05, 4.69) is 12.2 Å². The zero-order chi connectivity index (χ0) is 13.7. The Hall–Kier alpha value is -1.62. The minimum atomic E-state index is -0.320. The van der Waals surface area contributed by atoms with Gasteiger partial charge in [0.25, 0.3) is 0 Å². The SMILES string of the molecule is CCCCCCNC(=O)n1c(=O)sc2ccccc21.[HH]. The lowest BCUT2D eigenvalue weighted by Gasteiger charge is -2.05. The molecule has 19 heavy (non-hydrogen) atoms. The van der Waals surface area contributed by atoms with Crippen LogP contribution >= 0.6 is 11.3 Å². The van der Waals surface area contributed by atoms with Gasteiger partial charge < -0.3 is 5.32 Å². The number of carbonyl (C=O) groups excluding carboxylic acids is 1. The van der Waals surface area contributed by atoms with Crippen LogP contribution in [0.5, 0.6) is 0 Å². The fraction of sp³-hybridized carbons (Fsp3) is 0.429. The average Bonchev–Trinajstić information content (AvgIpc) is 2.74. The number of fused-ring (bicyclic) bond motifs is 1. The average molecular weight is 280 g/mol. The van der Waals surface area contributed by atoms with Gasteiger partial charge in [-0.3, -0.25) is 4.79 Å². The summed E-state index contributed by atoms with van der Waals surface area (Å²) in [5.74, 6) is 0. The van der Waals surface area contributed by atoms with Crippen molar-refractivity contribution in [2.24, 2.45) is 0 Å². The van der Waals surface area contributed by atoms with E-state index in [9.17, 15) is 9.59 Å². The normalized spacial score (nSPS) is 10.8. The highest BCUT2D eigenvalue weighted by molar-refractivity contribution is 7.16. The number of hydrogen-bond donors (Lipinski definition) is 1. The van der Waals surface area contributed by atoms with Gasteiger partial charge in [0.2, 0.25) is 0 Å². The number of rotatable bonds is 5. The predicted molar refractivity (Wildman–Crippen MR) is 81.1 cm³/mol. The number of unbranched alkanes of at least 4 members (excludes halogenated alkanes) is 3. The maximum absolute atomic E-state index is 12.0. The van der Waals surface area contributed by atoms with Crippen molar-refractivity contribution in [2.45, 2.75) is 32.6 Å². The van der Waals surface area contributed by atoms with Crippen LogP contribution in [0.3, 0.4) is 0 Å². The minimum Gasteiger partial charge on any atom is -0.337 e. The van der Waals surface area contributed by atoms with Gasteiger partial charge in [-0.2, -0.15) is 0 Å². The molecular formula is C14H20N2O2S. The van der Waals surface area contributed by atoms with E-state index < -0.39 is 0 Å². The molecule has 1 N–H and O–H groups in total. The number of amides is 1. The lowest BCUT2D eigenvalue weighted by Crippen LogP contribution is -2.34. The topological polar surface area (TPSA) is 51.1 Å². The molecule has 1 aromatic heterocycles. The molecule has 0 unspecified atom stereocenters. The molecule has 2 aromatic rings. The van der Waals surface area contributed by atoms with Gasteiger partial charge in [-0.15, -0.1) is 0 Å². The highest BCUT2D eigenvalue weighted by Crippen LogP contribution is 2.15. The van der Waals surface area contributed by atoms with Gasteiger partial charge in [0.1, 0.15) is 0 Å². The fourth-order valence-corrected chi connectivity index (χ4v) is 2.86. The van der Waals surface area contributed by atoms with Gasteiger partial charge in [0.15, 0.2) is 0 Å². The zero-order valence-corrected chi connectivity index (χ0v) is 11.8. The van der Waals surface area contributed by atoms with Crippen molar-refractivity contribution in [3.05, 3.63) is 33.9 Å². The Balaban J connectivity index is 0.00000200. The third-order valence-corrected chi connectivity index (χ3v) is 3.92. The zero-order valence-electron chi connectivity index (χ0n) is 11.0. The van der Waals surface area contributed by atoms with Crippen LogP contribution in [0, 0.1) is 0 Å². The van der Waals surface area contributed by atoms with Gasteiger partial charge in [-0.25, -0.2) is 9.36 Å². The maximum Gasteiger partial charge on any atom is 0.329 e. The van der Waals surface area contributed by atoms with Crippen molar-refractivity contribution in [2.75, 3.05) is 6.54 Å². The molecule has 0 saturated heterocycles. The first-order chi connectivity index (χ1) is 9.24. The summed E-state index contributed by atoms with van der Waals surface area (Å²) in [6.07, 6.45) is 4.41. The summed E-state index contributed by atoms with van der Waals surface area (Å²) in [6, 6.07) is 7.03. The lowest BCUT2D eigenvalue weighted by atomic mass is 10.2. The summed E-state index contributed by atoms with van der Waals surface area (Å²) >= 11 is 1.10. The van der Waals surface area contributed by atoms with Crippen LogP contribution in [0.1, 0.15) is 34.0 Å². The van der Waals surface area contributed by atoms with Crippen molar-refractivity contribution in [1.82, 2.24) is 9.88 Å². The summed E-state index contributed by atoms with van der Waals surface area (Å²) in [4.78, 5) is 23.6. The molecule has 104 valence electrons. The number of nitrogens with zero attached hydrogens (tertiary/aromatic N) is 1. The molecule has 1 heterocycles. The van der Waals surface area contributed by atoms with Crippen molar-refractivity contribution in [3.63, 3.8) is 0 Å². The summed E-state index contributed by atoms with van der Waals surface area (Å²) < 4.78 is 2.06. The Labute approximate surface area is 117 Å². The number of benzene rings is 1. The van der Waals surface area contributed by atoms with Gasteiger partial charge in [-0.1, -0.05) is 49.7 Å². The Morgan fingerprint density at radius 3 is 2.89 bits per heavy atom. The molecule has 0 spiro atoms. The Morgan fingerprint density at radius 2 is 2.11 bits per heavy atom. The van der Waals surface area contributed by atoms with E-state index in [0.717, 1.165) is 28.9 Å². The summed E-state index contributed by atoms with van der Waals surface area (Å²) in [7, 11) is 0. The van der Waals surface area contributed by atoms with Crippen LogP contribution in [-0.4, -0.2) is 17.1 Å². The number of carbonyl (C=O) groups is 1. The Kier molecular flexibility index (Phi) is 4.74. The van der Waals surface area contributed by atoms with Crippen LogP contribution in [-0.2, 0) is 0 Å². The summed E-state index contributed by atoms with van der Waals surface area (Å²) in [5.41, 5.74) is 0.684. The largest absolute Gasteiger partial charge is 0.337 e. The highest BCUT2D eigenvalue weighted by atomic mass is 32.1.